The van der Waals surface area contributed by atoms with Crippen molar-refractivity contribution in [1.29, 1.82) is 0 Å². The van der Waals surface area contributed by atoms with E-state index in [9.17, 15) is 14.9 Å². The van der Waals surface area contributed by atoms with E-state index < -0.39 is 10.9 Å². The summed E-state index contributed by atoms with van der Waals surface area (Å²) in [6.45, 7) is 1.75. The summed E-state index contributed by atoms with van der Waals surface area (Å²) < 4.78 is 0. The molecule has 2 rings (SSSR count). The second-order valence-corrected chi connectivity index (χ2v) is 4.13. The van der Waals surface area contributed by atoms with Gasteiger partial charge in [-0.15, -0.1) is 0 Å². The maximum Gasteiger partial charge on any atom is 0.336 e. The van der Waals surface area contributed by atoms with Crippen LogP contribution >= 0.6 is 0 Å². The van der Waals surface area contributed by atoms with E-state index in [0.29, 0.717) is 11.1 Å². The fraction of sp³-hybridized carbons (Fsp3) is 0.0714. The third-order valence-electron chi connectivity index (χ3n) is 2.80. The highest BCUT2D eigenvalue weighted by atomic mass is 16.6. The molecule has 5 heteroatoms. The number of rotatable bonds is 3. The van der Waals surface area contributed by atoms with Gasteiger partial charge >= 0.3 is 5.97 Å². The van der Waals surface area contributed by atoms with Gasteiger partial charge in [0.1, 0.15) is 0 Å². The van der Waals surface area contributed by atoms with E-state index >= 15 is 0 Å². The molecule has 0 aliphatic carbocycles. The van der Waals surface area contributed by atoms with Crippen molar-refractivity contribution in [3.63, 3.8) is 0 Å². The van der Waals surface area contributed by atoms with E-state index in [-0.39, 0.29) is 11.3 Å². The molecule has 0 aliphatic heterocycles. The summed E-state index contributed by atoms with van der Waals surface area (Å²) in [5.41, 5.74) is 1.38. The fourth-order valence-corrected chi connectivity index (χ4v) is 1.92. The second kappa shape index (κ2) is 4.89. The smallest absolute Gasteiger partial charge is 0.336 e. The van der Waals surface area contributed by atoms with Crippen LogP contribution in [0.15, 0.2) is 42.5 Å². The number of aromatic carboxylic acids is 1. The Morgan fingerprint density at radius 3 is 2.47 bits per heavy atom. The molecule has 0 saturated heterocycles. The van der Waals surface area contributed by atoms with Crippen LogP contribution < -0.4 is 0 Å². The number of carboxylic acid groups (broad SMARTS) is 1. The lowest BCUT2D eigenvalue weighted by Crippen LogP contribution is -2.01. The first-order valence-corrected chi connectivity index (χ1v) is 5.58. The predicted molar refractivity (Wildman–Crippen MR) is 70.2 cm³/mol. The molecule has 0 spiro atoms. The molecule has 0 unspecified atom stereocenters. The third-order valence-corrected chi connectivity index (χ3v) is 2.80. The minimum Gasteiger partial charge on any atom is -0.478 e. The Morgan fingerprint density at radius 1 is 1.16 bits per heavy atom. The van der Waals surface area contributed by atoms with Crippen LogP contribution in [-0.4, -0.2) is 16.0 Å². The Balaban J connectivity index is 2.72. The highest BCUT2D eigenvalue weighted by Crippen LogP contribution is 2.32. The van der Waals surface area contributed by atoms with Crippen molar-refractivity contribution < 1.29 is 14.8 Å². The van der Waals surface area contributed by atoms with Crippen molar-refractivity contribution in [3.8, 4) is 11.1 Å². The molecule has 0 heterocycles. The Bertz CT molecular complexity index is 664. The molecule has 19 heavy (non-hydrogen) atoms. The van der Waals surface area contributed by atoms with Gasteiger partial charge in [-0.25, -0.2) is 4.79 Å². The van der Waals surface area contributed by atoms with Crippen LogP contribution in [0.3, 0.4) is 0 Å². The summed E-state index contributed by atoms with van der Waals surface area (Å²) in [7, 11) is 0. The van der Waals surface area contributed by atoms with E-state index in [0.717, 1.165) is 5.56 Å². The van der Waals surface area contributed by atoms with Crippen LogP contribution in [-0.2, 0) is 0 Å². The molecule has 2 aromatic carbocycles. The average Bonchev–Trinajstić information content (AvgIpc) is 2.38. The van der Waals surface area contributed by atoms with Crippen molar-refractivity contribution in [2.75, 3.05) is 0 Å². The summed E-state index contributed by atoms with van der Waals surface area (Å²) in [6.07, 6.45) is 0. The maximum absolute atomic E-state index is 11.2. The third kappa shape index (κ3) is 2.44. The molecule has 2 aromatic rings. The van der Waals surface area contributed by atoms with Gasteiger partial charge in [-0.1, -0.05) is 24.3 Å². The van der Waals surface area contributed by atoms with Crippen LogP contribution in [0.4, 0.5) is 5.69 Å². The van der Waals surface area contributed by atoms with Crippen LogP contribution in [0.1, 0.15) is 15.9 Å². The normalized spacial score (nSPS) is 10.2. The number of hydrogen-bond donors (Lipinski definition) is 1. The summed E-state index contributed by atoms with van der Waals surface area (Å²) in [6, 6.07) is 11.0. The average molecular weight is 257 g/mol. The summed E-state index contributed by atoms with van der Waals surface area (Å²) in [4.78, 5) is 21.8. The molecule has 0 aromatic heterocycles. The molecular weight excluding hydrogens is 246 g/mol. The number of hydrogen-bond acceptors (Lipinski definition) is 3. The molecule has 5 nitrogen and oxygen atoms in total. The van der Waals surface area contributed by atoms with Gasteiger partial charge in [-0.05, 0) is 24.6 Å². The number of benzene rings is 2. The largest absolute Gasteiger partial charge is 0.478 e. The van der Waals surface area contributed by atoms with Crippen molar-refractivity contribution in [3.05, 3.63) is 63.7 Å². The number of aryl methyl sites for hydroxylation is 1. The Morgan fingerprint density at radius 2 is 1.84 bits per heavy atom. The minimum absolute atomic E-state index is 0.0504. The SMILES string of the molecule is Cc1ccc(-c2ccccc2C(=O)O)c([N+](=O)[O-])c1. The monoisotopic (exact) mass is 257 g/mol. The van der Waals surface area contributed by atoms with E-state index in [1.54, 1.807) is 37.3 Å². The quantitative estimate of drug-likeness (QED) is 0.675. The van der Waals surface area contributed by atoms with Gasteiger partial charge in [0.25, 0.3) is 5.69 Å². The van der Waals surface area contributed by atoms with E-state index in [1.165, 1.54) is 12.1 Å². The Labute approximate surface area is 109 Å². The van der Waals surface area contributed by atoms with Crippen molar-refractivity contribution in [1.82, 2.24) is 0 Å². The molecule has 0 aliphatic rings. The maximum atomic E-state index is 11.2. The standard InChI is InChI=1S/C14H11NO4/c1-9-6-7-11(13(8-9)15(18)19)10-4-2-3-5-12(10)14(16)17/h2-8H,1H3,(H,16,17). The molecule has 0 amide bonds. The Kier molecular flexibility index (Phi) is 3.29. The molecule has 0 radical (unpaired) electrons. The van der Waals surface area contributed by atoms with Crippen LogP contribution in [0.5, 0.6) is 0 Å². The van der Waals surface area contributed by atoms with E-state index in [1.807, 2.05) is 0 Å². The molecule has 0 bridgehead atoms. The molecule has 96 valence electrons. The van der Waals surface area contributed by atoms with Crippen molar-refractivity contribution in [2.45, 2.75) is 6.92 Å². The second-order valence-electron chi connectivity index (χ2n) is 4.13. The zero-order valence-electron chi connectivity index (χ0n) is 10.2. The van der Waals surface area contributed by atoms with Gasteiger partial charge in [0.05, 0.1) is 16.1 Å². The fourth-order valence-electron chi connectivity index (χ4n) is 1.92. The first kappa shape index (κ1) is 12.8. The number of nitro groups is 1. The topological polar surface area (TPSA) is 80.4 Å². The molecule has 0 atom stereocenters. The van der Waals surface area contributed by atoms with Gasteiger partial charge in [-0.3, -0.25) is 10.1 Å². The van der Waals surface area contributed by atoms with E-state index in [2.05, 4.69) is 0 Å². The summed E-state index contributed by atoms with van der Waals surface area (Å²) in [5, 5.41) is 20.2. The van der Waals surface area contributed by atoms with Crippen LogP contribution in [0, 0.1) is 17.0 Å². The number of nitrogens with zero attached hydrogens (tertiary/aromatic N) is 1. The minimum atomic E-state index is -1.11. The first-order valence-electron chi connectivity index (χ1n) is 5.58. The van der Waals surface area contributed by atoms with Gasteiger partial charge in [0, 0.05) is 11.6 Å². The molecule has 1 N–H and O–H groups in total. The highest BCUT2D eigenvalue weighted by molar-refractivity contribution is 5.97. The molecule has 0 fully saturated rings. The van der Waals surface area contributed by atoms with Gasteiger partial charge in [-0.2, -0.15) is 0 Å². The zero-order chi connectivity index (χ0) is 14.0. The summed E-state index contributed by atoms with van der Waals surface area (Å²) in [5.74, 6) is -1.11. The lowest BCUT2D eigenvalue weighted by atomic mass is 9.97. The lowest BCUT2D eigenvalue weighted by molar-refractivity contribution is -0.384. The molecular formula is C14H11NO4. The van der Waals surface area contributed by atoms with Gasteiger partial charge in [0.15, 0.2) is 0 Å². The van der Waals surface area contributed by atoms with Crippen LogP contribution in [0.2, 0.25) is 0 Å². The van der Waals surface area contributed by atoms with Crippen molar-refractivity contribution >= 4 is 11.7 Å². The summed E-state index contributed by atoms with van der Waals surface area (Å²) >= 11 is 0. The number of carbonyl (C=O) groups is 1. The van der Waals surface area contributed by atoms with Crippen LogP contribution in [0.25, 0.3) is 11.1 Å². The predicted octanol–water partition coefficient (Wildman–Crippen LogP) is 3.27. The number of carboxylic acids is 1. The number of nitro benzene ring substituents is 1. The van der Waals surface area contributed by atoms with E-state index in [4.69, 9.17) is 5.11 Å². The highest BCUT2D eigenvalue weighted by Gasteiger charge is 2.19. The zero-order valence-corrected chi connectivity index (χ0v) is 10.2. The van der Waals surface area contributed by atoms with Gasteiger partial charge < -0.3 is 5.11 Å². The Hall–Kier alpha value is -2.69. The van der Waals surface area contributed by atoms with Crippen molar-refractivity contribution in [2.24, 2.45) is 0 Å². The first-order chi connectivity index (χ1) is 9.00. The van der Waals surface area contributed by atoms with Gasteiger partial charge in [0.2, 0.25) is 0 Å². The molecule has 0 saturated carbocycles. The lowest BCUT2D eigenvalue weighted by Gasteiger charge is -2.07.